The molecule has 0 aliphatic rings. The van der Waals surface area contributed by atoms with Crippen molar-refractivity contribution >= 4 is 14.0 Å². The van der Waals surface area contributed by atoms with Crippen molar-refractivity contribution in [2.24, 2.45) is 0 Å². The lowest BCUT2D eigenvalue weighted by molar-refractivity contribution is 0.0848. The van der Waals surface area contributed by atoms with Crippen molar-refractivity contribution in [3.05, 3.63) is 18.2 Å². The van der Waals surface area contributed by atoms with Crippen molar-refractivity contribution in [2.45, 2.75) is 20.8 Å². The van der Waals surface area contributed by atoms with Crippen molar-refractivity contribution in [1.82, 2.24) is 0 Å². The molecule has 0 saturated heterocycles. The predicted molar refractivity (Wildman–Crippen MR) is 79.8 cm³/mol. The van der Waals surface area contributed by atoms with Crippen LogP contribution in [0.15, 0.2) is 18.2 Å². The first-order valence-electron chi connectivity index (χ1n) is 6.82. The van der Waals surface area contributed by atoms with Gasteiger partial charge in [0.2, 0.25) is 0 Å². The van der Waals surface area contributed by atoms with E-state index in [-0.39, 0.29) is 0 Å². The molecule has 6 heteroatoms. The Hall–Kier alpha value is -1.08. The van der Waals surface area contributed by atoms with Crippen LogP contribution in [0.3, 0.4) is 0 Å². The molecule has 1 aromatic rings. The van der Waals surface area contributed by atoms with Crippen LogP contribution in [0.4, 0.5) is 0 Å². The summed E-state index contributed by atoms with van der Waals surface area (Å²) in [6.45, 7) is 7.24. The second kappa shape index (κ2) is 8.26. The second-order valence-electron chi connectivity index (χ2n) is 3.89. The van der Waals surface area contributed by atoms with Crippen molar-refractivity contribution < 1.29 is 22.8 Å². The summed E-state index contributed by atoms with van der Waals surface area (Å²) in [7, 11) is 0.172. The monoisotopic (exact) mass is 300 g/mol. The largest absolute Gasteiger partial charge is 0.544 e. The Bertz CT molecular complexity index is 371. The maximum Gasteiger partial charge on any atom is 0.544 e. The SMILES string of the molecule is CCO[Si](OCC)(OCC)c1c(OC)cccc1OC. The molecule has 1 aromatic carbocycles. The van der Waals surface area contributed by atoms with E-state index in [0.29, 0.717) is 31.3 Å². The lowest BCUT2D eigenvalue weighted by Crippen LogP contribution is -2.57. The summed E-state index contributed by atoms with van der Waals surface area (Å²) in [6, 6.07) is 5.58. The first-order valence-corrected chi connectivity index (χ1v) is 8.54. The highest BCUT2D eigenvalue weighted by atomic mass is 28.4. The lowest BCUT2D eigenvalue weighted by atomic mass is 10.3. The number of rotatable bonds is 9. The van der Waals surface area contributed by atoms with E-state index in [4.69, 9.17) is 22.8 Å². The molecular weight excluding hydrogens is 276 g/mol. The fourth-order valence-electron chi connectivity index (χ4n) is 2.06. The van der Waals surface area contributed by atoms with Crippen LogP contribution in [0.2, 0.25) is 0 Å². The summed E-state index contributed by atoms with van der Waals surface area (Å²) in [4.78, 5) is 0. The molecular formula is C14H24O5Si. The standard InChI is InChI=1S/C14H24O5Si/c1-6-17-20(18-7-2,19-8-3)14-12(15-4)10-9-11-13(14)16-5/h9-11H,6-8H2,1-5H3. The molecule has 0 radical (unpaired) electrons. The molecule has 114 valence electrons. The van der Waals surface area contributed by atoms with Crippen molar-refractivity contribution in [2.75, 3.05) is 34.0 Å². The Morgan fingerprint density at radius 1 is 0.800 bits per heavy atom. The third-order valence-corrected chi connectivity index (χ3v) is 5.85. The van der Waals surface area contributed by atoms with Gasteiger partial charge in [-0.2, -0.15) is 0 Å². The predicted octanol–water partition coefficient (Wildman–Crippen LogP) is 1.96. The molecule has 0 saturated carbocycles. The number of hydrogen-bond acceptors (Lipinski definition) is 5. The molecule has 0 aliphatic carbocycles. The van der Waals surface area contributed by atoms with E-state index < -0.39 is 8.80 Å². The van der Waals surface area contributed by atoms with Crippen LogP contribution in [0, 0.1) is 0 Å². The topological polar surface area (TPSA) is 46.2 Å². The smallest absolute Gasteiger partial charge is 0.496 e. The second-order valence-corrected chi connectivity index (χ2v) is 6.37. The van der Waals surface area contributed by atoms with Crippen molar-refractivity contribution in [1.29, 1.82) is 0 Å². The zero-order valence-electron chi connectivity index (χ0n) is 12.9. The molecule has 0 fully saturated rings. The number of benzene rings is 1. The van der Waals surface area contributed by atoms with Crippen LogP contribution < -0.4 is 14.7 Å². The minimum Gasteiger partial charge on any atom is -0.496 e. The van der Waals surface area contributed by atoms with Gasteiger partial charge in [-0.25, -0.2) is 0 Å². The van der Waals surface area contributed by atoms with E-state index in [2.05, 4.69) is 0 Å². The number of methoxy groups -OCH3 is 2. The molecule has 0 amide bonds. The first kappa shape index (κ1) is 17.0. The summed E-state index contributed by atoms with van der Waals surface area (Å²) in [5.41, 5.74) is 0. The average molecular weight is 300 g/mol. The van der Waals surface area contributed by atoms with E-state index >= 15 is 0 Å². The summed E-state index contributed by atoms with van der Waals surface area (Å²) in [5, 5.41) is 0.746. The molecule has 0 heterocycles. The summed E-state index contributed by atoms with van der Waals surface area (Å²) in [6.07, 6.45) is 0. The Morgan fingerprint density at radius 3 is 1.50 bits per heavy atom. The molecule has 0 N–H and O–H groups in total. The van der Waals surface area contributed by atoms with Crippen molar-refractivity contribution in [3.63, 3.8) is 0 Å². The molecule has 0 bridgehead atoms. The van der Waals surface area contributed by atoms with Crippen LogP contribution in [0.1, 0.15) is 20.8 Å². The van der Waals surface area contributed by atoms with Crippen LogP contribution in [-0.2, 0) is 13.3 Å². The fraction of sp³-hybridized carbons (Fsp3) is 0.571. The third-order valence-electron chi connectivity index (χ3n) is 2.74. The molecule has 0 spiro atoms. The third kappa shape index (κ3) is 3.52. The van der Waals surface area contributed by atoms with Gasteiger partial charge in [-0.1, -0.05) is 6.07 Å². The van der Waals surface area contributed by atoms with E-state index in [1.807, 2.05) is 39.0 Å². The Labute approximate surface area is 122 Å². The highest BCUT2D eigenvalue weighted by Gasteiger charge is 2.48. The number of ether oxygens (including phenoxy) is 2. The van der Waals surface area contributed by atoms with E-state index in [9.17, 15) is 0 Å². The van der Waals surface area contributed by atoms with Gasteiger partial charge in [-0.05, 0) is 32.9 Å². The molecule has 1 rings (SSSR count). The normalized spacial score (nSPS) is 11.4. The molecule has 0 atom stereocenters. The van der Waals surface area contributed by atoms with E-state index in [0.717, 1.165) is 5.19 Å². The van der Waals surface area contributed by atoms with Gasteiger partial charge in [-0.3, -0.25) is 0 Å². The van der Waals surface area contributed by atoms with Gasteiger partial charge in [0.25, 0.3) is 0 Å². The van der Waals surface area contributed by atoms with E-state index in [1.54, 1.807) is 14.2 Å². The van der Waals surface area contributed by atoms with Gasteiger partial charge in [-0.15, -0.1) is 0 Å². The molecule has 0 aliphatic heterocycles. The molecule has 20 heavy (non-hydrogen) atoms. The number of hydrogen-bond donors (Lipinski definition) is 0. The van der Waals surface area contributed by atoms with Crippen LogP contribution in [0.5, 0.6) is 11.5 Å². The quantitative estimate of drug-likeness (QED) is 0.652. The summed E-state index contributed by atoms with van der Waals surface area (Å²) < 4.78 is 28.6. The van der Waals surface area contributed by atoms with Gasteiger partial charge in [0.1, 0.15) is 16.7 Å². The minimum atomic E-state index is -3.05. The summed E-state index contributed by atoms with van der Waals surface area (Å²) in [5.74, 6) is 1.32. The Kier molecular flexibility index (Phi) is 7.01. The van der Waals surface area contributed by atoms with Crippen LogP contribution in [-0.4, -0.2) is 42.8 Å². The summed E-state index contributed by atoms with van der Waals surface area (Å²) >= 11 is 0. The van der Waals surface area contributed by atoms with Gasteiger partial charge in [0.15, 0.2) is 0 Å². The average Bonchev–Trinajstić information content (AvgIpc) is 2.47. The van der Waals surface area contributed by atoms with Gasteiger partial charge in [0.05, 0.1) is 14.2 Å². The zero-order valence-corrected chi connectivity index (χ0v) is 13.9. The molecule has 0 unspecified atom stereocenters. The van der Waals surface area contributed by atoms with Gasteiger partial charge >= 0.3 is 8.80 Å². The maximum absolute atomic E-state index is 5.92. The van der Waals surface area contributed by atoms with E-state index in [1.165, 1.54) is 0 Å². The molecule has 0 aromatic heterocycles. The zero-order chi connectivity index (χ0) is 15.0. The Balaban J connectivity index is 3.44. The first-order chi connectivity index (χ1) is 9.68. The maximum atomic E-state index is 5.92. The molecule has 5 nitrogen and oxygen atoms in total. The Morgan fingerprint density at radius 2 is 1.20 bits per heavy atom. The fourth-order valence-corrected chi connectivity index (χ4v) is 4.86. The van der Waals surface area contributed by atoms with Gasteiger partial charge < -0.3 is 22.8 Å². The van der Waals surface area contributed by atoms with Crippen molar-refractivity contribution in [3.8, 4) is 11.5 Å². The van der Waals surface area contributed by atoms with Gasteiger partial charge in [0, 0.05) is 19.8 Å². The highest BCUT2D eigenvalue weighted by Crippen LogP contribution is 2.24. The lowest BCUT2D eigenvalue weighted by Gasteiger charge is -2.30. The minimum absolute atomic E-state index is 0.493. The highest BCUT2D eigenvalue weighted by molar-refractivity contribution is 6.77. The van der Waals surface area contributed by atoms with Crippen LogP contribution in [0.25, 0.3) is 0 Å². The van der Waals surface area contributed by atoms with Crippen LogP contribution >= 0.6 is 0 Å².